The van der Waals surface area contributed by atoms with Gasteiger partial charge in [-0.3, -0.25) is 9.69 Å². The molecule has 2 aromatic carbocycles. The highest BCUT2D eigenvalue weighted by Gasteiger charge is 2.43. The van der Waals surface area contributed by atoms with Gasteiger partial charge in [0.1, 0.15) is 0 Å². The third-order valence-corrected chi connectivity index (χ3v) is 4.63. The molecular formula is C19H15N3O. The summed E-state index contributed by atoms with van der Waals surface area (Å²) in [5.74, 6) is -0.0268. The Morgan fingerprint density at radius 3 is 2.57 bits per heavy atom. The van der Waals surface area contributed by atoms with Crippen LogP contribution in [0.5, 0.6) is 0 Å². The van der Waals surface area contributed by atoms with Gasteiger partial charge in [-0.25, -0.2) is 0 Å². The minimum atomic E-state index is -0.0402. The first-order chi connectivity index (χ1) is 11.2. The maximum absolute atomic E-state index is 12.6. The third kappa shape index (κ3) is 1.94. The van der Waals surface area contributed by atoms with Crippen molar-refractivity contribution in [3.63, 3.8) is 0 Å². The van der Waals surface area contributed by atoms with Gasteiger partial charge in [0.05, 0.1) is 23.7 Å². The van der Waals surface area contributed by atoms with Crippen LogP contribution in [0.15, 0.2) is 60.7 Å². The van der Waals surface area contributed by atoms with Crippen molar-refractivity contribution < 1.29 is 4.79 Å². The first kappa shape index (κ1) is 13.6. The van der Waals surface area contributed by atoms with Crippen LogP contribution in [0.3, 0.4) is 0 Å². The van der Waals surface area contributed by atoms with E-state index in [9.17, 15) is 4.79 Å². The molecule has 112 valence electrons. The van der Waals surface area contributed by atoms with Crippen LogP contribution in [-0.2, 0) is 4.79 Å². The van der Waals surface area contributed by atoms with Gasteiger partial charge in [-0.05, 0) is 30.3 Å². The van der Waals surface area contributed by atoms with E-state index in [2.05, 4.69) is 30.1 Å². The van der Waals surface area contributed by atoms with Crippen LogP contribution >= 0.6 is 0 Å². The van der Waals surface area contributed by atoms with E-state index in [1.807, 2.05) is 35.2 Å². The molecule has 0 saturated carbocycles. The lowest BCUT2D eigenvalue weighted by Crippen LogP contribution is -2.44. The largest absolute Gasteiger partial charge is 0.365 e. The summed E-state index contributed by atoms with van der Waals surface area (Å²) in [6.07, 6.45) is 3.62. The van der Waals surface area contributed by atoms with Gasteiger partial charge in [0, 0.05) is 30.1 Å². The highest BCUT2D eigenvalue weighted by molar-refractivity contribution is 6.04. The van der Waals surface area contributed by atoms with Crippen molar-refractivity contribution in [2.75, 3.05) is 16.8 Å². The molecule has 1 amide bonds. The zero-order valence-corrected chi connectivity index (χ0v) is 12.7. The van der Waals surface area contributed by atoms with Gasteiger partial charge in [-0.15, -0.1) is 0 Å². The fraction of sp³-hybridized carbons (Fsp3) is 0.158. The summed E-state index contributed by atoms with van der Waals surface area (Å²) in [5, 5.41) is 8.96. The quantitative estimate of drug-likeness (QED) is 0.813. The van der Waals surface area contributed by atoms with Crippen LogP contribution < -0.4 is 9.80 Å². The Labute approximate surface area is 134 Å². The molecule has 0 aromatic heterocycles. The Kier molecular flexibility index (Phi) is 2.95. The molecule has 2 atom stereocenters. The van der Waals surface area contributed by atoms with Crippen LogP contribution in [0.4, 0.5) is 11.4 Å². The van der Waals surface area contributed by atoms with Gasteiger partial charge in [0.15, 0.2) is 0 Å². The molecule has 0 fully saturated rings. The van der Waals surface area contributed by atoms with E-state index in [1.165, 1.54) is 0 Å². The van der Waals surface area contributed by atoms with Crippen molar-refractivity contribution in [3.8, 4) is 6.07 Å². The van der Waals surface area contributed by atoms with Gasteiger partial charge in [-0.1, -0.05) is 24.3 Å². The molecular weight excluding hydrogens is 286 g/mol. The standard InChI is InChI=1S/C19H15N3O/c1-21-16-5-3-2-4-15(16)19-17(21)10-11-18(23)22(19)14-8-6-13(12-20)7-9-14/h2-11,17,19H,1H3. The normalized spacial score (nSPS) is 21.8. The lowest BCUT2D eigenvalue weighted by Gasteiger charge is -2.36. The molecule has 2 unspecified atom stereocenters. The zero-order chi connectivity index (χ0) is 16.0. The van der Waals surface area contributed by atoms with Crippen molar-refractivity contribution in [3.05, 3.63) is 71.8 Å². The molecule has 0 saturated heterocycles. The molecule has 0 radical (unpaired) electrons. The number of nitrogens with zero attached hydrogens (tertiary/aromatic N) is 3. The molecule has 4 rings (SSSR count). The Bertz CT molecular complexity index is 848. The number of benzene rings is 2. The molecule has 4 heteroatoms. The predicted molar refractivity (Wildman–Crippen MR) is 89.2 cm³/mol. The van der Waals surface area contributed by atoms with Gasteiger partial charge in [-0.2, -0.15) is 5.26 Å². The van der Waals surface area contributed by atoms with Gasteiger partial charge in [0.25, 0.3) is 5.91 Å². The van der Waals surface area contributed by atoms with E-state index in [-0.39, 0.29) is 18.0 Å². The predicted octanol–water partition coefficient (Wildman–Crippen LogP) is 3.02. The number of carbonyl (C=O) groups is 1. The fourth-order valence-electron chi connectivity index (χ4n) is 3.52. The first-order valence-electron chi connectivity index (χ1n) is 7.54. The molecule has 2 aromatic rings. The van der Waals surface area contributed by atoms with Crippen molar-refractivity contribution in [2.45, 2.75) is 12.1 Å². The number of nitriles is 1. The van der Waals surface area contributed by atoms with Crippen LogP contribution in [-0.4, -0.2) is 19.0 Å². The monoisotopic (exact) mass is 301 g/mol. The van der Waals surface area contributed by atoms with Crippen molar-refractivity contribution in [1.29, 1.82) is 5.26 Å². The molecule has 2 heterocycles. The number of hydrogen-bond acceptors (Lipinski definition) is 3. The van der Waals surface area contributed by atoms with E-state index in [1.54, 1.807) is 18.2 Å². The summed E-state index contributed by atoms with van der Waals surface area (Å²) in [5.41, 5.74) is 3.72. The maximum Gasteiger partial charge on any atom is 0.251 e. The number of hydrogen-bond donors (Lipinski definition) is 0. The molecule has 0 spiro atoms. The number of rotatable bonds is 1. The highest BCUT2D eigenvalue weighted by Crippen LogP contribution is 2.45. The molecule has 0 bridgehead atoms. The average molecular weight is 301 g/mol. The van der Waals surface area contributed by atoms with Gasteiger partial charge >= 0.3 is 0 Å². The van der Waals surface area contributed by atoms with E-state index >= 15 is 0 Å². The zero-order valence-electron chi connectivity index (χ0n) is 12.7. The molecule has 0 aliphatic carbocycles. The summed E-state index contributed by atoms with van der Waals surface area (Å²) in [6, 6.07) is 17.6. The van der Waals surface area contributed by atoms with E-state index in [0.717, 1.165) is 16.9 Å². The number of para-hydroxylation sites is 1. The second kappa shape index (κ2) is 4.99. The second-order valence-electron chi connectivity index (χ2n) is 5.83. The van der Waals surface area contributed by atoms with Crippen LogP contribution in [0.2, 0.25) is 0 Å². The number of amides is 1. The minimum Gasteiger partial charge on any atom is -0.365 e. The van der Waals surface area contributed by atoms with Crippen LogP contribution in [0, 0.1) is 11.3 Å². The SMILES string of the molecule is CN1c2ccccc2C2C1C=CC(=O)N2c1ccc(C#N)cc1. The van der Waals surface area contributed by atoms with E-state index in [4.69, 9.17) is 5.26 Å². The average Bonchev–Trinajstić information content (AvgIpc) is 2.88. The maximum atomic E-state index is 12.6. The molecule has 0 N–H and O–H groups in total. The third-order valence-electron chi connectivity index (χ3n) is 4.63. The van der Waals surface area contributed by atoms with E-state index in [0.29, 0.717) is 5.56 Å². The van der Waals surface area contributed by atoms with Crippen LogP contribution in [0.1, 0.15) is 17.2 Å². The molecule has 23 heavy (non-hydrogen) atoms. The smallest absolute Gasteiger partial charge is 0.251 e. The lowest BCUT2D eigenvalue weighted by molar-refractivity contribution is -0.115. The lowest BCUT2D eigenvalue weighted by atomic mass is 9.97. The molecule has 2 aliphatic heterocycles. The van der Waals surface area contributed by atoms with Crippen molar-refractivity contribution in [2.24, 2.45) is 0 Å². The summed E-state index contributed by atoms with van der Waals surface area (Å²) in [6.45, 7) is 0. The molecule has 2 aliphatic rings. The number of fused-ring (bicyclic) bond motifs is 3. The fourth-order valence-corrected chi connectivity index (χ4v) is 3.52. The Balaban J connectivity index is 1.84. The highest BCUT2D eigenvalue weighted by atomic mass is 16.2. The summed E-state index contributed by atoms with van der Waals surface area (Å²) in [4.78, 5) is 16.6. The number of anilines is 2. The van der Waals surface area contributed by atoms with E-state index < -0.39 is 0 Å². The Hall–Kier alpha value is -3.06. The summed E-state index contributed by atoms with van der Waals surface area (Å²) >= 11 is 0. The van der Waals surface area contributed by atoms with Crippen molar-refractivity contribution >= 4 is 17.3 Å². The number of likely N-dealkylation sites (N-methyl/N-ethyl adjacent to an activating group) is 1. The second-order valence-corrected chi connectivity index (χ2v) is 5.83. The number of carbonyl (C=O) groups excluding carboxylic acids is 1. The minimum absolute atomic E-state index is 0.0268. The Morgan fingerprint density at radius 2 is 1.83 bits per heavy atom. The van der Waals surface area contributed by atoms with Gasteiger partial charge < -0.3 is 4.90 Å². The van der Waals surface area contributed by atoms with Gasteiger partial charge in [0.2, 0.25) is 0 Å². The Morgan fingerprint density at radius 1 is 1.09 bits per heavy atom. The molecule has 4 nitrogen and oxygen atoms in total. The van der Waals surface area contributed by atoms with Crippen LogP contribution in [0.25, 0.3) is 0 Å². The summed E-state index contributed by atoms with van der Waals surface area (Å²) < 4.78 is 0. The summed E-state index contributed by atoms with van der Waals surface area (Å²) in [7, 11) is 2.06. The topological polar surface area (TPSA) is 47.3 Å². The first-order valence-corrected chi connectivity index (χ1v) is 7.54. The van der Waals surface area contributed by atoms with Crippen molar-refractivity contribution in [1.82, 2.24) is 0 Å².